The van der Waals surface area contributed by atoms with Gasteiger partial charge < -0.3 is 26.2 Å². The maximum absolute atomic E-state index is 13.5. The van der Waals surface area contributed by atoms with Gasteiger partial charge in [-0.1, -0.05) is 24.8 Å². The van der Waals surface area contributed by atoms with Crippen molar-refractivity contribution >= 4 is 17.5 Å². The van der Waals surface area contributed by atoms with E-state index in [1.54, 1.807) is 19.9 Å². The van der Waals surface area contributed by atoms with Gasteiger partial charge in [0.1, 0.15) is 22.9 Å². The van der Waals surface area contributed by atoms with Crippen molar-refractivity contribution in [2.45, 2.75) is 52.1 Å². The molecule has 3 atom stereocenters. The molecule has 3 aliphatic carbocycles. The van der Waals surface area contributed by atoms with E-state index in [0.29, 0.717) is 17.6 Å². The van der Waals surface area contributed by atoms with Gasteiger partial charge in [-0.25, -0.2) is 0 Å². The molecule has 8 nitrogen and oxygen atoms in total. The first-order chi connectivity index (χ1) is 15.5. The lowest BCUT2D eigenvalue weighted by Gasteiger charge is -2.46. The van der Waals surface area contributed by atoms with Gasteiger partial charge in [0.15, 0.2) is 11.4 Å². The first kappa shape index (κ1) is 24.1. The summed E-state index contributed by atoms with van der Waals surface area (Å²) in [6, 6.07) is 0. The zero-order valence-electron chi connectivity index (χ0n) is 18.7. The first-order valence-corrected chi connectivity index (χ1v) is 10.7. The largest absolute Gasteiger partial charge is 0.508 e. The van der Waals surface area contributed by atoms with E-state index < -0.39 is 52.0 Å². The van der Waals surface area contributed by atoms with Gasteiger partial charge in [0.05, 0.1) is 5.57 Å². The molecule has 3 aliphatic rings. The van der Waals surface area contributed by atoms with Crippen molar-refractivity contribution in [3.05, 3.63) is 57.3 Å². The Bertz CT molecular complexity index is 1170. The zero-order valence-corrected chi connectivity index (χ0v) is 18.7. The number of aliphatic hydroxyl groups is 4. The summed E-state index contributed by atoms with van der Waals surface area (Å²) < 4.78 is 0. The van der Waals surface area contributed by atoms with Crippen molar-refractivity contribution in [3.63, 3.8) is 0 Å². The Morgan fingerprint density at radius 1 is 1.27 bits per heavy atom. The van der Waals surface area contributed by atoms with Crippen LogP contribution in [0.25, 0.3) is 0 Å². The summed E-state index contributed by atoms with van der Waals surface area (Å²) in [7, 11) is 0. The summed E-state index contributed by atoms with van der Waals surface area (Å²) in [4.78, 5) is 37.6. The average molecular weight is 453 g/mol. The molecular weight excluding hydrogens is 426 g/mol. The van der Waals surface area contributed by atoms with Crippen LogP contribution in [-0.2, 0) is 14.4 Å². The number of nitrogens with two attached hydrogens (primary N) is 1. The quantitative estimate of drug-likeness (QED) is 0.244. The van der Waals surface area contributed by atoms with Gasteiger partial charge in [0.2, 0.25) is 5.78 Å². The monoisotopic (exact) mass is 453 g/mol. The molecule has 3 rings (SSSR count). The van der Waals surface area contributed by atoms with Crippen LogP contribution in [0.2, 0.25) is 0 Å². The minimum absolute atomic E-state index is 0.0168. The van der Waals surface area contributed by atoms with Crippen LogP contribution in [-0.4, -0.2) is 43.5 Å². The number of hydrogen-bond donors (Lipinski definition) is 5. The van der Waals surface area contributed by atoms with Gasteiger partial charge >= 0.3 is 0 Å². The van der Waals surface area contributed by atoms with E-state index in [1.807, 2.05) is 6.92 Å². The summed E-state index contributed by atoms with van der Waals surface area (Å²) >= 11 is 0. The number of primary amides is 1. The number of allylic oxidation sites excluding steroid dienone is 4. The normalized spacial score (nSPS) is 30.5. The molecule has 0 aromatic heterocycles. The molecule has 8 heteroatoms. The molecule has 174 valence electrons. The lowest BCUT2D eigenvalue weighted by molar-refractivity contribution is -0.147. The Morgan fingerprint density at radius 3 is 2.52 bits per heavy atom. The number of carbonyl (C=O) groups excluding carboxylic acids is 3. The van der Waals surface area contributed by atoms with Crippen LogP contribution < -0.4 is 5.73 Å². The van der Waals surface area contributed by atoms with Gasteiger partial charge in [-0.15, -0.1) is 0 Å². The number of carbonyl (C=O) groups is 3. The highest BCUT2D eigenvalue weighted by molar-refractivity contribution is 6.22. The maximum atomic E-state index is 13.5. The fourth-order valence-corrected chi connectivity index (χ4v) is 4.91. The minimum Gasteiger partial charge on any atom is -0.508 e. The second-order valence-corrected chi connectivity index (χ2v) is 8.43. The number of aliphatic hydroxyl groups excluding tert-OH is 3. The van der Waals surface area contributed by atoms with E-state index in [2.05, 4.69) is 11.8 Å². The van der Waals surface area contributed by atoms with E-state index in [9.17, 15) is 34.8 Å². The molecule has 6 N–H and O–H groups in total. The van der Waals surface area contributed by atoms with Gasteiger partial charge in [-0.05, 0) is 44.3 Å². The number of rotatable bonds is 2. The predicted molar refractivity (Wildman–Crippen MR) is 120 cm³/mol. The second-order valence-electron chi connectivity index (χ2n) is 8.43. The summed E-state index contributed by atoms with van der Waals surface area (Å²) in [5, 5.41) is 43.6. The number of fused-ring (bicyclic) bond motifs is 2. The number of hydrogen-bond acceptors (Lipinski definition) is 7. The SMILES string of the molecule is C\C=C/C(O)=C1/C(O)=C2C(=O)[C@]3(O)C(O)=C(C(N)=O)C(=O)C[C@@H]3C[C@@H]2C/C1=C(/C)C#CCC. The molecule has 1 amide bonds. The third kappa shape index (κ3) is 3.68. The maximum Gasteiger partial charge on any atom is 0.255 e. The number of Topliss-reactive ketones (excluding diaryl/α,β-unsaturated/α-hetero) is 2. The predicted octanol–water partition coefficient (Wildman–Crippen LogP) is 2.53. The van der Waals surface area contributed by atoms with Crippen LogP contribution in [0.4, 0.5) is 0 Å². The molecule has 0 heterocycles. The highest BCUT2D eigenvalue weighted by Gasteiger charge is 2.60. The van der Waals surface area contributed by atoms with Gasteiger partial charge in [0.25, 0.3) is 5.91 Å². The molecule has 1 saturated carbocycles. The van der Waals surface area contributed by atoms with Crippen molar-refractivity contribution in [2.24, 2.45) is 17.6 Å². The molecule has 0 radical (unpaired) electrons. The fraction of sp³-hybridized carbons (Fsp3) is 0.400. The van der Waals surface area contributed by atoms with Gasteiger partial charge in [-0.3, -0.25) is 14.4 Å². The van der Waals surface area contributed by atoms with E-state index in [-0.39, 0.29) is 36.2 Å². The summed E-state index contributed by atoms with van der Waals surface area (Å²) in [5.41, 5.74) is 2.81. The van der Waals surface area contributed by atoms with Crippen LogP contribution in [0.5, 0.6) is 0 Å². The van der Waals surface area contributed by atoms with E-state index in [0.717, 1.165) is 0 Å². The molecule has 0 unspecified atom stereocenters. The van der Waals surface area contributed by atoms with Crippen LogP contribution in [0.3, 0.4) is 0 Å². The molecule has 0 aliphatic heterocycles. The molecule has 0 bridgehead atoms. The third-order valence-electron chi connectivity index (χ3n) is 6.44. The lowest BCUT2D eigenvalue weighted by Crippen LogP contribution is -2.58. The van der Waals surface area contributed by atoms with Crippen molar-refractivity contribution in [1.82, 2.24) is 0 Å². The summed E-state index contributed by atoms with van der Waals surface area (Å²) in [5.74, 6) is -0.570. The Labute approximate surface area is 191 Å². The Balaban J connectivity index is 2.30. The smallest absolute Gasteiger partial charge is 0.255 e. The molecule has 0 spiro atoms. The second kappa shape index (κ2) is 8.75. The van der Waals surface area contributed by atoms with E-state index in [1.165, 1.54) is 6.08 Å². The minimum atomic E-state index is -2.57. The van der Waals surface area contributed by atoms with E-state index >= 15 is 0 Å². The summed E-state index contributed by atoms with van der Waals surface area (Å²) in [6.07, 6.45) is 3.47. The molecular formula is C25H27NO7. The van der Waals surface area contributed by atoms with E-state index in [4.69, 9.17) is 5.73 Å². The van der Waals surface area contributed by atoms with Crippen molar-refractivity contribution in [2.75, 3.05) is 0 Å². The molecule has 1 fully saturated rings. The van der Waals surface area contributed by atoms with Crippen molar-refractivity contribution < 1.29 is 34.8 Å². The highest BCUT2D eigenvalue weighted by Crippen LogP contribution is 2.52. The van der Waals surface area contributed by atoms with Gasteiger partial charge in [-0.2, -0.15) is 0 Å². The molecule has 0 saturated heterocycles. The van der Waals surface area contributed by atoms with Crippen LogP contribution in [0, 0.1) is 23.7 Å². The van der Waals surface area contributed by atoms with Crippen molar-refractivity contribution in [3.8, 4) is 11.8 Å². The molecule has 0 aromatic rings. The number of ketones is 2. The fourth-order valence-electron chi connectivity index (χ4n) is 4.91. The lowest BCUT2D eigenvalue weighted by atomic mass is 9.58. The topological polar surface area (TPSA) is 158 Å². The third-order valence-corrected chi connectivity index (χ3v) is 6.44. The van der Waals surface area contributed by atoms with Crippen LogP contribution >= 0.6 is 0 Å². The Morgan fingerprint density at radius 2 is 1.94 bits per heavy atom. The van der Waals surface area contributed by atoms with Crippen molar-refractivity contribution in [1.29, 1.82) is 0 Å². The van der Waals surface area contributed by atoms with Gasteiger partial charge in [0, 0.05) is 29.9 Å². The molecule has 0 aromatic carbocycles. The zero-order chi connectivity index (χ0) is 24.7. The Hall–Kier alpha value is -3.57. The standard InChI is InChI=1S/C25H27NO7/c1-4-6-8-12(3)15-10-13-9-14-11-17(28)20(24(26)32)23(31)25(14,33)22(30)18(13)21(29)19(15)16(27)7-5-2/h5,7,13-14,27,29,31,33H,4,9-11H2,1-3H3,(H2,26,32)/b7-5-,15-12+,19-16-/t13-,14+,25+/m1/s1. The first-order valence-electron chi connectivity index (χ1n) is 10.7. The van der Waals surface area contributed by atoms with Crippen LogP contribution in [0.15, 0.2) is 57.3 Å². The highest BCUT2D eigenvalue weighted by atomic mass is 16.3. The average Bonchev–Trinajstić information content (AvgIpc) is 2.74. The van der Waals surface area contributed by atoms with Crippen LogP contribution in [0.1, 0.15) is 46.5 Å². The summed E-state index contributed by atoms with van der Waals surface area (Å²) in [6.45, 7) is 5.31. The Kier molecular flexibility index (Phi) is 6.39. The molecule has 33 heavy (non-hydrogen) atoms. The number of amides is 1.